The standard InChI is InChI=1S/C11H20N2O/c1-8-5-9(6-8)13-10(14)11(2)3-4-12-7-11/h8-9,12H,3-7H2,1-2H3,(H,13,14). The van der Waals surface area contributed by atoms with Crippen LogP contribution in [0.25, 0.3) is 0 Å². The third kappa shape index (κ3) is 1.78. The molecule has 1 unspecified atom stereocenters. The van der Waals surface area contributed by atoms with Crippen LogP contribution in [0, 0.1) is 11.3 Å². The molecule has 0 bridgehead atoms. The minimum absolute atomic E-state index is 0.154. The maximum Gasteiger partial charge on any atom is 0.227 e. The highest BCUT2D eigenvalue weighted by atomic mass is 16.2. The second kappa shape index (κ2) is 3.54. The molecule has 0 aromatic carbocycles. The van der Waals surface area contributed by atoms with E-state index in [0.717, 1.165) is 38.3 Å². The van der Waals surface area contributed by atoms with E-state index in [1.165, 1.54) is 0 Å². The molecule has 1 saturated heterocycles. The Balaban J connectivity index is 1.83. The molecule has 1 atom stereocenters. The first kappa shape index (κ1) is 9.97. The minimum atomic E-state index is -0.154. The van der Waals surface area contributed by atoms with Crippen molar-refractivity contribution in [2.75, 3.05) is 13.1 Å². The van der Waals surface area contributed by atoms with Gasteiger partial charge in [0.05, 0.1) is 5.41 Å². The molecule has 0 aromatic rings. The Labute approximate surface area is 85.6 Å². The summed E-state index contributed by atoms with van der Waals surface area (Å²) in [6.07, 6.45) is 3.30. The number of rotatable bonds is 2. The molecule has 2 aliphatic rings. The number of amides is 1. The fraction of sp³-hybridized carbons (Fsp3) is 0.909. The molecule has 2 fully saturated rings. The van der Waals surface area contributed by atoms with Gasteiger partial charge < -0.3 is 10.6 Å². The minimum Gasteiger partial charge on any atom is -0.353 e. The lowest BCUT2D eigenvalue weighted by atomic mass is 9.80. The van der Waals surface area contributed by atoms with Crippen molar-refractivity contribution in [1.82, 2.24) is 10.6 Å². The summed E-state index contributed by atoms with van der Waals surface area (Å²) in [5.74, 6) is 1.05. The van der Waals surface area contributed by atoms with Crippen molar-refractivity contribution in [2.24, 2.45) is 11.3 Å². The van der Waals surface area contributed by atoms with Gasteiger partial charge in [0.2, 0.25) is 5.91 Å². The Morgan fingerprint density at radius 2 is 2.21 bits per heavy atom. The second-order valence-corrected chi connectivity index (χ2v) is 5.23. The maximum absolute atomic E-state index is 11.9. The Morgan fingerprint density at radius 1 is 1.50 bits per heavy atom. The molecule has 0 aromatic heterocycles. The van der Waals surface area contributed by atoms with Crippen molar-refractivity contribution in [3.8, 4) is 0 Å². The first-order chi connectivity index (χ1) is 6.60. The van der Waals surface area contributed by atoms with Crippen LogP contribution >= 0.6 is 0 Å². The normalized spacial score (nSPS) is 41.9. The van der Waals surface area contributed by atoms with Crippen molar-refractivity contribution >= 4 is 5.91 Å². The molecule has 1 aliphatic carbocycles. The van der Waals surface area contributed by atoms with Gasteiger partial charge in [-0.2, -0.15) is 0 Å². The molecule has 0 spiro atoms. The van der Waals surface area contributed by atoms with Crippen molar-refractivity contribution in [2.45, 2.75) is 39.2 Å². The summed E-state index contributed by atoms with van der Waals surface area (Å²) >= 11 is 0. The summed E-state index contributed by atoms with van der Waals surface area (Å²) in [7, 11) is 0. The van der Waals surface area contributed by atoms with E-state index < -0.39 is 0 Å². The first-order valence-electron chi connectivity index (χ1n) is 5.62. The topological polar surface area (TPSA) is 41.1 Å². The Kier molecular flexibility index (Phi) is 2.52. The monoisotopic (exact) mass is 196 g/mol. The van der Waals surface area contributed by atoms with E-state index in [9.17, 15) is 4.79 Å². The van der Waals surface area contributed by atoms with Gasteiger partial charge in [-0.15, -0.1) is 0 Å². The fourth-order valence-electron chi connectivity index (χ4n) is 2.39. The van der Waals surface area contributed by atoms with Crippen molar-refractivity contribution < 1.29 is 4.79 Å². The van der Waals surface area contributed by atoms with Gasteiger partial charge in [-0.05, 0) is 38.6 Å². The van der Waals surface area contributed by atoms with Gasteiger partial charge in [0, 0.05) is 12.6 Å². The molecular formula is C11H20N2O. The van der Waals surface area contributed by atoms with Crippen molar-refractivity contribution in [1.29, 1.82) is 0 Å². The van der Waals surface area contributed by atoms with Crippen LogP contribution in [-0.2, 0) is 4.79 Å². The van der Waals surface area contributed by atoms with E-state index in [1.54, 1.807) is 0 Å². The van der Waals surface area contributed by atoms with Crippen LogP contribution in [0.4, 0.5) is 0 Å². The Bertz CT molecular complexity index is 227. The van der Waals surface area contributed by atoms with Gasteiger partial charge in [-0.25, -0.2) is 0 Å². The summed E-state index contributed by atoms with van der Waals surface area (Å²) in [5, 5.41) is 6.40. The van der Waals surface area contributed by atoms with Gasteiger partial charge in [-0.1, -0.05) is 6.92 Å². The second-order valence-electron chi connectivity index (χ2n) is 5.23. The molecule has 0 radical (unpaired) electrons. The molecule has 1 saturated carbocycles. The number of hydrogen-bond acceptors (Lipinski definition) is 2. The molecular weight excluding hydrogens is 176 g/mol. The SMILES string of the molecule is CC1CC(NC(=O)C2(C)CCNC2)C1. The highest BCUT2D eigenvalue weighted by Gasteiger charge is 2.38. The molecule has 80 valence electrons. The predicted molar refractivity (Wildman–Crippen MR) is 55.9 cm³/mol. The van der Waals surface area contributed by atoms with Crippen LogP contribution < -0.4 is 10.6 Å². The molecule has 1 amide bonds. The number of carbonyl (C=O) groups excluding carboxylic acids is 1. The molecule has 2 N–H and O–H groups in total. The Hall–Kier alpha value is -0.570. The summed E-state index contributed by atoms with van der Waals surface area (Å²) in [6, 6.07) is 0.454. The summed E-state index contributed by atoms with van der Waals surface area (Å²) in [4.78, 5) is 11.9. The molecule has 1 heterocycles. The number of carbonyl (C=O) groups is 1. The lowest BCUT2D eigenvalue weighted by Crippen LogP contribution is -2.49. The number of nitrogens with one attached hydrogen (secondary N) is 2. The first-order valence-corrected chi connectivity index (χ1v) is 5.62. The summed E-state index contributed by atoms with van der Waals surface area (Å²) in [5.41, 5.74) is -0.154. The van der Waals surface area contributed by atoms with E-state index in [0.29, 0.717) is 6.04 Å². The Morgan fingerprint density at radius 3 is 2.71 bits per heavy atom. The summed E-state index contributed by atoms with van der Waals surface area (Å²) in [6.45, 7) is 6.11. The van der Waals surface area contributed by atoms with Crippen molar-refractivity contribution in [3.05, 3.63) is 0 Å². The van der Waals surface area contributed by atoms with E-state index in [-0.39, 0.29) is 11.3 Å². The molecule has 1 aliphatic heterocycles. The number of hydrogen-bond donors (Lipinski definition) is 2. The zero-order chi connectivity index (χ0) is 10.2. The maximum atomic E-state index is 11.9. The van der Waals surface area contributed by atoms with Gasteiger partial charge in [0.1, 0.15) is 0 Å². The summed E-state index contributed by atoms with van der Waals surface area (Å²) < 4.78 is 0. The van der Waals surface area contributed by atoms with Gasteiger partial charge in [0.25, 0.3) is 0 Å². The van der Waals surface area contributed by atoms with Crippen LogP contribution in [0.1, 0.15) is 33.1 Å². The molecule has 2 rings (SSSR count). The van der Waals surface area contributed by atoms with E-state index >= 15 is 0 Å². The van der Waals surface area contributed by atoms with Crippen LogP contribution in [0.15, 0.2) is 0 Å². The van der Waals surface area contributed by atoms with Crippen LogP contribution in [0.2, 0.25) is 0 Å². The van der Waals surface area contributed by atoms with Crippen LogP contribution in [-0.4, -0.2) is 25.0 Å². The largest absolute Gasteiger partial charge is 0.353 e. The highest BCUT2D eigenvalue weighted by Crippen LogP contribution is 2.29. The quantitative estimate of drug-likeness (QED) is 0.689. The van der Waals surface area contributed by atoms with E-state index in [4.69, 9.17) is 0 Å². The predicted octanol–water partition coefficient (Wildman–Crippen LogP) is 0.901. The lowest BCUT2D eigenvalue weighted by molar-refractivity contribution is -0.130. The average molecular weight is 196 g/mol. The van der Waals surface area contributed by atoms with E-state index in [2.05, 4.69) is 24.5 Å². The smallest absolute Gasteiger partial charge is 0.227 e. The molecule has 3 nitrogen and oxygen atoms in total. The van der Waals surface area contributed by atoms with Gasteiger partial charge in [-0.3, -0.25) is 4.79 Å². The van der Waals surface area contributed by atoms with Gasteiger partial charge in [0.15, 0.2) is 0 Å². The lowest BCUT2D eigenvalue weighted by Gasteiger charge is -2.35. The molecule has 3 heteroatoms. The third-order valence-corrected chi connectivity index (χ3v) is 3.63. The third-order valence-electron chi connectivity index (χ3n) is 3.63. The van der Waals surface area contributed by atoms with E-state index in [1.807, 2.05) is 0 Å². The highest BCUT2D eigenvalue weighted by molar-refractivity contribution is 5.83. The molecule has 14 heavy (non-hydrogen) atoms. The fourth-order valence-corrected chi connectivity index (χ4v) is 2.39. The zero-order valence-corrected chi connectivity index (χ0v) is 9.10. The van der Waals surface area contributed by atoms with Crippen molar-refractivity contribution in [3.63, 3.8) is 0 Å². The zero-order valence-electron chi connectivity index (χ0n) is 9.10. The van der Waals surface area contributed by atoms with Crippen LogP contribution in [0.5, 0.6) is 0 Å². The average Bonchev–Trinajstić information content (AvgIpc) is 2.51. The van der Waals surface area contributed by atoms with Crippen LogP contribution in [0.3, 0.4) is 0 Å². The van der Waals surface area contributed by atoms with Gasteiger partial charge >= 0.3 is 0 Å².